The van der Waals surface area contributed by atoms with Gasteiger partial charge < -0.3 is 9.47 Å². The number of rotatable bonds is 6. The van der Waals surface area contributed by atoms with Crippen LogP contribution in [0, 0.1) is 0 Å². The van der Waals surface area contributed by atoms with Gasteiger partial charge in [-0.3, -0.25) is 0 Å². The van der Waals surface area contributed by atoms with Crippen molar-refractivity contribution >= 4 is 17.7 Å². The Labute approximate surface area is 108 Å². The van der Waals surface area contributed by atoms with Gasteiger partial charge in [-0.25, -0.2) is 0 Å². The third-order valence-electron chi connectivity index (χ3n) is 2.48. The van der Waals surface area contributed by atoms with Crippen molar-refractivity contribution in [2.75, 3.05) is 19.6 Å². The maximum Gasteiger partial charge on any atom is 0.161 e. The normalized spacial score (nSPS) is 11.4. The second kappa shape index (κ2) is 7.23. The van der Waals surface area contributed by atoms with Crippen molar-refractivity contribution in [2.24, 2.45) is 0 Å². The average Bonchev–Trinajstić information content (AvgIpc) is 2.37. The fraction of sp³-hybridized carbons (Fsp3) is 0.429. The molecule has 0 radical (unpaired) electrons. The third-order valence-corrected chi connectivity index (χ3v) is 2.83. The fourth-order valence-corrected chi connectivity index (χ4v) is 1.79. The summed E-state index contributed by atoms with van der Waals surface area (Å²) in [6, 6.07) is 5.90. The SMILES string of the molecule is CCOc1ccc(C=C(CC)CCl)cc1OC. The quantitative estimate of drug-likeness (QED) is 0.711. The van der Waals surface area contributed by atoms with E-state index < -0.39 is 0 Å². The van der Waals surface area contributed by atoms with Gasteiger partial charge >= 0.3 is 0 Å². The van der Waals surface area contributed by atoms with Crippen molar-refractivity contribution in [3.63, 3.8) is 0 Å². The van der Waals surface area contributed by atoms with E-state index >= 15 is 0 Å². The molecule has 0 aliphatic heterocycles. The molecule has 1 aromatic carbocycles. The molecule has 1 rings (SSSR count). The molecule has 0 amide bonds. The number of hydrogen-bond donors (Lipinski definition) is 0. The molecule has 17 heavy (non-hydrogen) atoms. The van der Waals surface area contributed by atoms with Crippen molar-refractivity contribution < 1.29 is 9.47 Å². The first-order valence-electron chi connectivity index (χ1n) is 5.81. The molecule has 0 heterocycles. The molecular weight excluding hydrogens is 236 g/mol. The Balaban J connectivity index is 3.00. The van der Waals surface area contributed by atoms with E-state index in [0.717, 1.165) is 23.5 Å². The zero-order valence-electron chi connectivity index (χ0n) is 10.6. The lowest BCUT2D eigenvalue weighted by atomic mass is 10.1. The van der Waals surface area contributed by atoms with Gasteiger partial charge in [0.05, 0.1) is 13.7 Å². The minimum absolute atomic E-state index is 0.562. The van der Waals surface area contributed by atoms with E-state index in [1.807, 2.05) is 25.1 Å². The molecule has 0 fully saturated rings. The van der Waals surface area contributed by atoms with Gasteiger partial charge in [0.15, 0.2) is 11.5 Å². The van der Waals surface area contributed by atoms with Gasteiger partial charge in [0, 0.05) is 5.88 Å². The molecule has 0 aliphatic carbocycles. The van der Waals surface area contributed by atoms with Crippen LogP contribution >= 0.6 is 11.6 Å². The Kier molecular flexibility index (Phi) is 5.92. The van der Waals surface area contributed by atoms with Crippen LogP contribution < -0.4 is 9.47 Å². The Hall–Kier alpha value is -1.15. The van der Waals surface area contributed by atoms with Crippen molar-refractivity contribution in [1.29, 1.82) is 0 Å². The fourth-order valence-electron chi connectivity index (χ4n) is 1.52. The van der Waals surface area contributed by atoms with E-state index in [2.05, 4.69) is 13.0 Å². The molecule has 2 nitrogen and oxygen atoms in total. The molecule has 0 aliphatic rings. The van der Waals surface area contributed by atoms with Crippen molar-refractivity contribution in [3.8, 4) is 11.5 Å². The summed E-state index contributed by atoms with van der Waals surface area (Å²) in [6.07, 6.45) is 3.05. The molecular formula is C14H19ClO2. The summed E-state index contributed by atoms with van der Waals surface area (Å²) in [7, 11) is 1.65. The molecule has 0 bridgehead atoms. The van der Waals surface area contributed by atoms with Crippen LogP contribution in [-0.2, 0) is 0 Å². The van der Waals surface area contributed by atoms with Gasteiger partial charge in [-0.15, -0.1) is 11.6 Å². The summed E-state index contributed by atoms with van der Waals surface area (Å²) in [6.45, 7) is 4.68. The van der Waals surface area contributed by atoms with E-state index in [4.69, 9.17) is 21.1 Å². The number of alkyl halides is 1. The Morgan fingerprint density at radius 2 is 2.06 bits per heavy atom. The molecule has 94 valence electrons. The van der Waals surface area contributed by atoms with Crippen LogP contribution in [0.4, 0.5) is 0 Å². The summed E-state index contributed by atoms with van der Waals surface area (Å²) in [4.78, 5) is 0. The highest BCUT2D eigenvalue weighted by atomic mass is 35.5. The van der Waals surface area contributed by atoms with Gasteiger partial charge in [-0.05, 0) is 31.0 Å². The summed E-state index contributed by atoms with van der Waals surface area (Å²) in [5.74, 6) is 2.09. The zero-order chi connectivity index (χ0) is 12.7. The first-order chi connectivity index (χ1) is 8.24. The average molecular weight is 255 g/mol. The van der Waals surface area contributed by atoms with Crippen LogP contribution in [-0.4, -0.2) is 19.6 Å². The molecule has 0 saturated heterocycles. The highest BCUT2D eigenvalue weighted by molar-refractivity contribution is 6.19. The summed E-state index contributed by atoms with van der Waals surface area (Å²) in [5.41, 5.74) is 2.29. The number of halogens is 1. The lowest BCUT2D eigenvalue weighted by Crippen LogP contribution is -1.95. The Morgan fingerprint density at radius 1 is 1.29 bits per heavy atom. The second-order valence-corrected chi connectivity index (χ2v) is 3.90. The van der Waals surface area contributed by atoms with E-state index in [9.17, 15) is 0 Å². The maximum absolute atomic E-state index is 5.85. The third kappa shape index (κ3) is 3.97. The number of ether oxygens (including phenoxy) is 2. The number of allylic oxidation sites excluding steroid dienone is 1. The van der Waals surface area contributed by atoms with Crippen LogP contribution in [0.2, 0.25) is 0 Å². The smallest absolute Gasteiger partial charge is 0.161 e. The van der Waals surface area contributed by atoms with Crippen LogP contribution in [0.15, 0.2) is 23.8 Å². The molecule has 0 aromatic heterocycles. The topological polar surface area (TPSA) is 18.5 Å². The van der Waals surface area contributed by atoms with E-state index in [1.165, 1.54) is 5.57 Å². The molecule has 0 spiro atoms. The van der Waals surface area contributed by atoms with Crippen LogP contribution in [0.3, 0.4) is 0 Å². The summed E-state index contributed by atoms with van der Waals surface area (Å²) >= 11 is 5.85. The van der Waals surface area contributed by atoms with Gasteiger partial charge in [0.1, 0.15) is 0 Å². The lowest BCUT2D eigenvalue weighted by molar-refractivity contribution is 0.311. The van der Waals surface area contributed by atoms with E-state index in [1.54, 1.807) is 7.11 Å². The van der Waals surface area contributed by atoms with Crippen LogP contribution in [0.5, 0.6) is 11.5 Å². The highest BCUT2D eigenvalue weighted by Gasteiger charge is 2.04. The highest BCUT2D eigenvalue weighted by Crippen LogP contribution is 2.29. The van der Waals surface area contributed by atoms with Gasteiger partial charge in [0.2, 0.25) is 0 Å². The minimum Gasteiger partial charge on any atom is -0.493 e. The molecule has 3 heteroatoms. The first-order valence-corrected chi connectivity index (χ1v) is 6.34. The van der Waals surface area contributed by atoms with Crippen molar-refractivity contribution in [2.45, 2.75) is 20.3 Å². The van der Waals surface area contributed by atoms with Crippen LogP contribution in [0.25, 0.3) is 6.08 Å². The van der Waals surface area contributed by atoms with E-state index in [0.29, 0.717) is 12.5 Å². The molecule has 0 atom stereocenters. The summed E-state index contributed by atoms with van der Waals surface area (Å²) in [5, 5.41) is 0. The second-order valence-electron chi connectivity index (χ2n) is 3.63. The van der Waals surface area contributed by atoms with Crippen molar-refractivity contribution in [3.05, 3.63) is 29.3 Å². The largest absolute Gasteiger partial charge is 0.493 e. The standard InChI is InChI=1S/C14H19ClO2/c1-4-11(10-15)8-12-6-7-13(17-5-2)14(9-12)16-3/h6-9H,4-5,10H2,1-3H3. The predicted octanol–water partition coefficient (Wildman–Crippen LogP) is 4.13. The van der Waals surface area contributed by atoms with E-state index in [-0.39, 0.29) is 0 Å². The first kappa shape index (κ1) is 13.9. The maximum atomic E-state index is 5.85. The molecule has 0 N–H and O–H groups in total. The van der Waals surface area contributed by atoms with Gasteiger partial charge in [-0.1, -0.05) is 24.6 Å². The number of hydrogen-bond acceptors (Lipinski definition) is 2. The predicted molar refractivity (Wildman–Crippen MR) is 73.2 cm³/mol. The Bertz CT molecular complexity index is 380. The number of benzene rings is 1. The molecule has 0 unspecified atom stereocenters. The molecule has 0 saturated carbocycles. The van der Waals surface area contributed by atoms with Gasteiger partial charge in [-0.2, -0.15) is 0 Å². The lowest BCUT2D eigenvalue weighted by Gasteiger charge is -2.10. The zero-order valence-corrected chi connectivity index (χ0v) is 11.4. The molecule has 1 aromatic rings. The number of methoxy groups -OCH3 is 1. The van der Waals surface area contributed by atoms with Crippen LogP contribution in [0.1, 0.15) is 25.8 Å². The monoisotopic (exact) mass is 254 g/mol. The summed E-state index contributed by atoms with van der Waals surface area (Å²) < 4.78 is 10.8. The Morgan fingerprint density at radius 3 is 2.59 bits per heavy atom. The van der Waals surface area contributed by atoms with Crippen molar-refractivity contribution in [1.82, 2.24) is 0 Å². The minimum atomic E-state index is 0.562. The van der Waals surface area contributed by atoms with Gasteiger partial charge in [0.25, 0.3) is 0 Å².